The van der Waals surface area contributed by atoms with Crippen LogP contribution in [0.3, 0.4) is 0 Å². The summed E-state index contributed by atoms with van der Waals surface area (Å²) in [4.78, 5) is 24.6. The topological polar surface area (TPSA) is 57.3 Å². The zero-order valence-electron chi connectivity index (χ0n) is 8.07. The molecule has 2 amide bonds. The lowest BCUT2D eigenvalue weighted by Gasteiger charge is -2.19. The summed E-state index contributed by atoms with van der Waals surface area (Å²) in [6.45, 7) is -0.318. The first-order valence-corrected chi connectivity index (χ1v) is 5.19. The largest absolute Gasteiger partial charge is 0.280 e. The normalized spacial score (nSPS) is 32.2. The maximum absolute atomic E-state index is 11.7. The number of carbonyl (C=O) groups excluding carboxylic acids is 2. The predicted octanol–water partition coefficient (Wildman–Crippen LogP) is 0.592. The van der Waals surface area contributed by atoms with Gasteiger partial charge in [0.25, 0.3) is 0 Å². The minimum absolute atomic E-state index is 0.0602. The molecule has 1 radical (unpaired) electrons. The second-order valence-corrected chi connectivity index (χ2v) is 4.03. The van der Waals surface area contributed by atoms with Crippen LogP contribution in [0.25, 0.3) is 0 Å². The summed E-state index contributed by atoms with van der Waals surface area (Å²) in [5.74, 6) is -0.420. The molecule has 0 N–H and O–H groups in total. The van der Waals surface area contributed by atoms with Gasteiger partial charge in [-0.05, 0) is 12.8 Å². The molecule has 4 nitrogen and oxygen atoms in total. The summed E-state index contributed by atoms with van der Waals surface area (Å²) < 4.78 is 0. The van der Waals surface area contributed by atoms with Gasteiger partial charge in [-0.1, -0.05) is 12.8 Å². The molecule has 1 aliphatic heterocycles. The van der Waals surface area contributed by atoms with E-state index in [0.29, 0.717) is 0 Å². The van der Waals surface area contributed by atoms with Crippen LogP contribution >= 0.6 is 0 Å². The van der Waals surface area contributed by atoms with E-state index in [-0.39, 0.29) is 36.8 Å². The smallest absolute Gasteiger partial charge is 0.233 e. The average molecular weight is 196 g/mol. The van der Waals surface area contributed by atoms with Crippen molar-refractivity contribution < 1.29 is 14.7 Å². The van der Waals surface area contributed by atoms with Crippen molar-refractivity contribution >= 4 is 11.8 Å². The lowest BCUT2D eigenvalue weighted by Crippen LogP contribution is -2.33. The average Bonchev–Trinajstić information content (AvgIpc) is 2.45. The number of imide groups is 1. The molecule has 1 aliphatic carbocycles. The van der Waals surface area contributed by atoms with E-state index in [9.17, 15) is 14.7 Å². The summed E-state index contributed by atoms with van der Waals surface area (Å²) in [7, 11) is 0. The Hall–Kier alpha value is -0.900. The Balaban J connectivity index is 2.15. The molecular weight excluding hydrogens is 182 g/mol. The fourth-order valence-corrected chi connectivity index (χ4v) is 2.54. The summed E-state index contributed by atoms with van der Waals surface area (Å²) in [5.41, 5.74) is 0. The third kappa shape index (κ3) is 1.34. The Labute approximate surface area is 82.9 Å². The lowest BCUT2D eigenvalue weighted by atomic mass is 9.81. The molecule has 2 unspecified atom stereocenters. The fourth-order valence-electron chi connectivity index (χ4n) is 2.54. The fraction of sp³-hybridized carbons (Fsp3) is 0.800. The molecule has 2 fully saturated rings. The lowest BCUT2D eigenvalue weighted by molar-refractivity contribution is -0.140. The number of fused-ring (bicyclic) bond motifs is 1. The van der Waals surface area contributed by atoms with Crippen molar-refractivity contribution in [3.8, 4) is 0 Å². The van der Waals surface area contributed by atoms with Gasteiger partial charge in [0, 0.05) is 0 Å². The summed E-state index contributed by atoms with van der Waals surface area (Å²) in [5, 5.41) is 10.4. The number of hydrogen-bond acceptors (Lipinski definition) is 2. The van der Waals surface area contributed by atoms with Gasteiger partial charge in [0.05, 0.1) is 18.4 Å². The molecule has 2 rings (SSSR count). The third-order valence-corrected chi connectivity index (χ3v) is 3.25. The maximum Gasteiger partial charge on any atom is 0.233 e. The van der Waals surface area contributed by atoms with Gasteiger partial charge in [-0.15, -0.1) is 0 Å². The Morgan fingerprint density at radius 2 is 1.57 bits per heavy atom. The van der Waals surface area contributed by atoms with E-state index in [4.69, 9.17) is 0 Å². The van der Waals surface area contributed by atoms with Crippen LogP contribution in [0.4, 0.5) is 0 Å². The van der Waals surface area contributed by atoms with Gasteiger partial charge in [0.1, 0.15) is 6.61 Å². The van der Waals surface area contributed by atoms with Crippen molar-refractivity contribution in [1.29, 1.82) is 0 Å². The number of nitrogens with zero attached hydrogens (tertiary/aromatic N) is 1. The Morgan fingerprint density at radius 1 is 1.07 bits per heavy atom. The van der Waals surface area contributed by atoms with Crippen molar-refractivity contribution in [2.75, 3.05) is 13.2 Å². The molecule has 14 heavy (non-hydrogen) atoms. The standard InChI is InChI=1S/C10H14NO3/c12-6-5-11-9(13)7-3-1-2-4-8(7)10(11)14/h7-8H,1-6H2. The molecule has 0 bridgehead atoms. The maximum atomic E-state index is 11.7. The highest BCUT2D eigenvalue weighted by Crippen LogP contribution is 2.37. The molecule has 4 heteroatoms. The zero-order chi connectivity index (χ0) is 10.1. The molecule has 0 aromatic heterocycles. The van der Waals surface area contributed by atoms with E-state index in [2.05, 4.69) is 0 Å². The molecule has 2 aliphatic rings. The number of rotatable bonds is 2. The first kappa shape index (κ1) is 9.65. The minimum atomic E-state index is -0.378. The van der Waals surface area contributed by atoms with E-state index in [1.165, 1.54) is 4.90 Å². The second-order valence-electron chi connectivity index (χ2n) is 4.03. The van der Waals surface area contributed by atoms with E-state index < -0.39 is 0 Å². The molecule has 0 aromatic carbocycles. The monoisotopic (exact) mass is 196 g/mol. The van der Waals surface area contributed by atoms with Gasteiger partial charge < -0.3 is 0 Å². The predicted molar refractivity (Wildman–Crippen MR) is 47.7 cm³/mol. The summed E-state index contributed by atoms with van der Waals surface area (Å²) >= 11 is 0. The van der Waals surface area contributed by atoms with E-state index in [1.807, 2.05) is 0 Å². The van der Waals surface area contributed by atoms with Crippen LogP contribution in [-0.2, 0) is 14.7 Å². The van der Waals surface area contributed by atoms with Crippen molar-refractivity contribution in [3.05, 3.63) is 0 Å². The quantitative estimate of drug-likeness (QED) is 0.607. The van der Waals surface area contributed by atoms with Gasteiger partial charge in [-0.3, -0.25) is 14.5 Å². The van der Waals surface area contributed by atoms with E-state index >= 15 is 0 Å². The van der Waals surface area contributed by atoms with E-state index in [1.54, 1.807) is 0 Å². The molecule has 77 valence electrons. The Kier molecular flexibility index (Phi) is 2.54. The highest BCUT2D eigenvalue weighted by Gasteiger charge is 2.47. The Bertz CT molecular complexity index is 240. The molecule has 1 saturated carbocycles. The first-order chi connectivity index (χ1) is 6.75. The van der Waals surface area contributed by atoms with Gasteiger partial charge in [-0.25, -0.2) is 5.11 Å². The number of carbonyl (C=O) groups is 2. The van der Waals surface area contributed by atoms with Crippen LogP contribution < -0.4 is 0 Å². The van der Waals surface area contributed by atoms with Crippen molar-refractivity contribution in [3.63, 3.8) is 0 Å². The SMILES string of the molecule is [O]CCN1C(=O)C2CCCCC2C1=O. The summed E-state index contributed by atoms with van der Waals surface area (Å²) in [6, 6.07) is 0. The highest BCUT2D eigenvalue weighted by molar-refractivity contribution is 6.05. The van der Waals surface area contributed by atoms with Crippen LogP contribution in [0, 0.1) is 11.8 Å². The van der Waals surface area contributed by atoms with Crippen LogP contribution in [0.2, 0.25) is 0 Å². The van der Waals surface area contributed by atoms with Crippen LogP contribution in [-0.4, -0.2) is 29.9 Å². The molecule has 1 heterocycles. The van der Waals surface area contributed by atoms with Crippen molar-refractivity contribution in [2.24, 2.45) is 11.8 Å². The van der Waals surface area contributed by atoms with Gasteiger partial charge in [0.2, 0.25) is 11.8 Å². The van der Waals surface area contributed by atoms with Gasteiger partial charge in [0.15, 0.2) is 0 Å². The van der Waals surface area contributed by atoms with Crippen molar-refractivity contribution in [1.82, 2.24) is 4.90 Å². The van der Waals surface area contributed by atoms with Crippen LogP contribution in [0.1, 0.15) is 25.7 Å². The number of likely N-dealkylation sites (tertiary alicyclic amines) is 1. The second kappa shape index (κ2) is 3.69. The zero-order valence-corrected chi connectivity index (χ0v) is 8.07. The molecular formula is C10H14NO3. The van der Waals surface area contributed by atoms with Crippen LogP contribution in [0.5, 0.6) is 0 Å². The molecule has 2 atom stereocenters. The first-order valence-electron chi connectivity index (χ1n) is 5.19. The molecule has 1 saturated heterocycles. The highest BCUT2D eigenvalue weighted by atomic mass is 16.3. The minimum Gasteiger partial charge on any atom is -0.280 e. The van der Waals surface area contributed by atoms with Gasteiger partial charge >= 0.3 is 0 Å². The number of hydrogen-bond donors (Lipinski definition) is 0. The third-order valence-electron chi connectivity index (χ3n) is 3.25. The van der Waals surface area contributed by atoms with E-state index in [0.717, 1.165) is 25.7 Å². The molecule has 0 aromatic rings. The van der Waals surface area contributed by atoms with Crippen LogP contribution in [0.15, 0.2) is 0 Å². The van der Waals surface area contributed by atoms with Crippen molar-refractivity contribution in [2.45, 2.75) is 25.7 Å². The van der Waals surface area contributed by atoms with Gasteiger partial charge in [-0.2, -0.15) is 0 Å². The number of amides is 2. The Morgan fingerprint density at radius 3 is 2.00 bits per heavy atom. The summed E-state index contributed by atoms with van der Waals surface area (Å²) in [6.07, 6.45) is 3.71. The molecule has 0 spiro atoms.